The highest BCUT2D eigenvalue weighted by molar-refractivity contribution is 5.94. The molecular formula is C20H17F4N3O. The number of carbonyl (C=O) groups is 1. The van der Waals surface area contributed by atoms with E-state index in [9.17, 15) is 22.4 Å². The highest BCUT2D eigenvalue weighted by Gasteiger charge is 2.30. The number of rotatable bonds is 4. The lowest BCUT2D eigenvalue weighted by atomic mass is 10.1. The molecule has 1 atom stereocenters. The minimum atomic E-state index is -4.45. The first kappa shape index (κ1) is 19.6. The van der Waals surface area contributed by atoms with Crippen LogP contribution < -0.4 is 5.32 Å². The van der Waals surface area contributed by atoms with Gasteiger partial charge in [-0.05, 0) is 56.3 Å². The first-order chi connectivity index (χ1) is 13.2. The Balaban J connectivity index is 1.82. The van der Waals surface area contributed by atoms with Crippen LogP contribution in [0.5, 0.6) is 0 Å². The Morgan fingerprint density at radius 3 is 2.46 bits per heavy atom. The van der Waals surface area contributed by atoms with Crippen LogP contribution in [0.3, 0.4) is 0 Å². The number of hydrogen-bond donors (Lipinski definition) is 1. The zero-order chi connectivity index (χ0) is 20.5. The topological polar surface area (TPSA) is 46.9 Å². The van der Waals surface area contributed by atoms with E-state index in [4.69, 9.17) is 0 Å². The average Bonchev–Trinajstić information content (AvgIpc) is 3.03. The molecule has 3 rings (SSSR count). The summed E-state index contributed by atoms with van der Waals surface area (Å²) in [5, 5.41) is 6.95. The van der Waals surface area contributed by atoms with E-state index < -0.39 is 29.5 Å². The number of amides is 1. The molecule has 2 aromatic carbocycles. The van der Waals surface area contributed by atoms with Gasteiger partial charge in [0, 0.05) is 16.8 Å². The summed E-state index contributed by atoms with van der Waals surface area (Å²) in [5.41, 5.74) is 1.07. The van der Waals surface area contributed by atoms with Crippen LogP contribution in [0, 0.1) is 12.7 Å². The van der Waals surface area contributed by atoms with Crippen molar-refractivity contribution in [2.75, 3.05) is 0 Å². The smallest absolute Gasteiger partial charge is 0.345 e. The summed E-state index contributed by atoms with van der Waals surface area (Å²) in [6, 6.07) is 9.54. The predicted octanol–water partition coefficient (Wildman–Crippen LogP) is 4.83. The van der Waals surface area contributed by atoms with Crippen LogP contribution in [-0.4, -0.2) is 15.7 Å². The van der Waals surface area contributed by atoms with Crippen molar-refractivity contribution in [3.05, 3.63) is 82.9 Å². The third-order valence-corrected chi connectivity index (χ3v) is 4.39. The zero-order valence-electron chi connectivity index (χ0n) is 15.1. The largest absolute Gasteiger partial charge is 0.416 e. The van der Waals surface area contributed by atoms with Crippen LogP contribution in [0.15, 0.2) is 54.7 Å². The third-order valence-electron chi connectivity index (χ3n) is 4.39. The van der Waals surface area contributed by atoms with Gasteiger partial charge in [0.1, 0.15) is 5.82 Å². The highest BCUT2D eigenvalue weighted by atomic mass is 19.4. The molecule has 1 unspecified atom stereocenters. The van der Waals surface area contributed by atoms with E-state index >= 15 is 0 Å². The lowest BCUT2D eigenvalue weighted by Gasteiger charge is -2.15. The Morgan fingerprint density at radius 1 is 1.14 bits per heavy atom. The summed E-state index contributed by atoms with van der Waals surface area (Å²) < 4.78 is 53.2. The Bertz CT molecular complexity index is 993. The number of benzene rings is 2. The molecule has 4 nitrogen and oxygen atoms in total. The molecule has 1 amide bonds. The normalized spacial score (nSPS) is 12.6. The van der Waals surface area contributed by atoms with Crippen molar-refractivity contribution in [2.24, 2.45) is 0 Å². The summed E-state index contributed by atoms with van der Waals surface area (Å²) in [7, 11) is 0. The number of halogens is 4. The van der Waals surface area contributed by atoms with Gasteiger partial charge in [-0.25, -0.2) is 9.07 Å². The molecule has 0 aliphatic heterocycles. The molecule has 0 saturated carbocycles. The second kappa shape index (κ2) is 7.46. The van der Waals surface area contributed by atoms with E-state index in [1.807, 2.05) is 0 Å². The monoisotopic (exact) mass is 391 g/mol. The molecule has 0 fully saturated rings. The Morgan fingerprint density at radius 2 is 1.82 bits per heavy atom. The Kier molecular flexibility index (Phi) is 5.22. The molecule has 1 N–H and O–H groups in total. The fourth-order valence-corrected chi connectivity index (χ4v) is 2.88. The van der Waals surface area contributed by atoms with Crippen LogP contribution in [0.2, 0.25) is 0 Å². The molecule has 1 aromatic heterocycles. The average molecular weight is 391 g/mol. The first-order valence-corrected chi connectivity index (χ1v) is 8.45. The predicted molar refractivity (Wildman–Crippen MR) is 95.6 cm³/mol. The summed E-state index contributed by atoms with van der Waals surface area (Å²) in [5.74, 6) is -0.832. The van der Waals surface area contributed by atoms with Gasteiger partial charge in [0.05, 0.1) is 23.5 Å². The van der Waals surface area contributed by atoms with Gasteiger partial charge in [-0.1, -0.05) is 6.07 Å². The number of aromatic nitrogens is 2. The minimum absolute atomic E-state index is 0.274. The van der Waals surface area contributed by atoms with Gasteiger partial charge in [0.15, 0.2) is 0 Å². The second-order valence-electron chi connectivity index (χ2n) is 6.35. The molecular weight excluding hydrogens is 374 g/mol. The quantitative estimate of drug-likeness (QED) is 0.648. The van der Waals surface area contributed by atoms with Gasteiger partial charge in [-0.3, -0.25) is 4.79 Å². The third kappa shape index (κ3) is 4.05. The van der Waals surface area contributed by atoms with Crippen molar-refractivity contribution < 1.29 is 22.4 Å². The fraction of sp³-hybridized carbons (Fsp3) is 0.200. The van der Waals surface area contributed by atoms with Crippen molar-refractivity contribution in [1.82, 2.24) is 15.1 Å². The standard InChI is InChI=1S/C20H17F4N3O/c1-12(26-19(28)14-6-8-16(21)9-7-14)18-11-25-27(13(18)2)17-5-3-4-15(10-17)20(22,23)24/h3-12H,1-2H3,(H,26,28). The van der Waals surface area contributed by atoms with E-state index in [1.54, 1.807) is 13.8 Å². The molecule has 0 saturated heterocycles. The zero-order valence-corrected chi connectivity index (χ0v) is 15.1. The molecule has 0 spiro atoms. The van der Waals surface area contributed by atoms with Gasteiger partial charge in [-0.2, -0.15) is 18.3 Å². The maximum atomic E-state index is 13.0. The molecule has 146 valence electrons. The van der Waals surface area contributed by atoms with Gasteiger partial charge in [-0.15, -0.1) is 0 Å². The lowest BCUT2D eigenvalue weighted by molar-refractivity contribution is -0.137. The van der Waals surface area contributed by atoms with Gasteiger partial charge in [0.25, 0.3) is 5.91 Å². The van der Waals surface area contributed by atoms with E-state index in [0.29, 0.717) is 16.8 Å². The summed E-state index contributed by atoms with van der Waals surface area (Å²) >= 11 is 0. The molecule has 0 radical (unpaired) electrons. The number of carbonyl (C=O) groups excluding carboxylic acids is 1. The van der Waals surface area contributed by atoms with Crippen molar-refractivity contribution in [2.45, 2.75) is 26.1 Å². The number of nitrogens with one attached hydrogen (secondary N) is 1. The van der Waals surface area contributed by atoms with Crippen LogP contribution >= 0.6 is 0 Å². The van der Waals surface area contributed by atoms with Crippen LogP contribution in [-0.2, 0) is 6.18 Å². The Hall–Kier alpha value is -3.16. The van der Waals surface area contributed by atoms with E-state index in [1.165, 1.54) is 47.3 Å². The van der Waals surface area contributed by atoms with Crippen molar-refractivity contribution >= 4 is 5.91 Å². The molecule has 8 heteroatoms. The maximum absolute atomic E-state index is 13.0. The van der Waals surface area contributed by atoms with Crippen LogP contribution in [0.1, 0.15) is 40.1 Å². The van der Waals surface area contributed by atoms with E-state index in [0.717, 1.165) is 12.1 Å². The summed E-state index contributed by atoms with van der Waals surface area (Å²) in [6.45, 7) is 3.45. The van der Waals surface area contributed by atoms with Gasteiger partial charge >= 0.3 is 6.18 Å². The van der Waals surface area contributed by atoms with E-state index in [-0.39, 0.29) is 5.69 Å². The van der Waals surface area contributed by atoms with Crippen LogP contribution in [0.25, 0.3) is 5.69 Å². The second-order valence-corrected chi connectivity index (χ2v) is 6.35. The van der Waals surface area contributed by atoms with Crippen molar-refractivity contribution in [3.8, 4) is 5.69 Å². The van der Waals surface area contributed by atoms with Gasteiger partial charge in [0.2, 0.25) is 0 Å². The van der Waals surface area contributed by atoms with Crippen molar-refractivity contribution in [1.29, 1.82) is 0 Å². The van der Waals surface area contributed by atoms with Crippen molar-refractivity contribution in [3.63, 3.8) is 0 Å². The summed E-state index contributed by atoms with van der Waals surface area (Å²) in [6.07, 6.45) is -2.94. The molecule has 0 aliphatic carbocycles. The SMILES string of the molecule is Cc1c(C(C)NC(=O)c2ccc(F)cc2)cnn1-c1cccc(C(F)(F)F)c1. The number of hydrogen-bond acceptors (Lipinski definition) is 2. The molecule has 0 aliphatic rings. The minimum Gasteiger partial charge on any atom is -0.345 e. The molecule has 3 aromatic rings. The molecule has 28 heavy (non-hydrogen) atoms. The Labute approximate surface area is 158 Å². The first-order valence-electron chi connectivity index (χ1n) is 8.45. The summed E-state index contributed by atoms with van der Waals surface area (Å²) in [4.78, 5) is 12.3. The number of nitrogens with zero attached hydrogens (tertiary/aromatic N) is 2. The maximum Gasteiger partial charge on any atom is 0.416 e. The van der Waals surface area contributed by atoms with E-state index in [2.05, 4.69) is 10.4 Å². The number of alkyl halides is 3. The molecule has 0 bridgehead atoms. The lowest BCUT2D eigenvalue weighted by Crippen LogP contribution is -2.26. The fourth-order valence-electron chi connectivity index (χ4n) is 2.88. The van der Waals surface area contributed by atoms with Gasteiger partial charge < -0.3 is 5.32 Å². The van der Waals surface area contributed by atoms with Crippen LogP contribution in [0.4, 0.5) is 17.6 Å². The highest BCUT2D eigenvalue weighted by Crippen LogP contribution is 2.31. The molecule has 1 heterocycles.